The zero-order chi connectivity index (χ0) is 13.1. The van der Waals surface area contributed by atoms with Crippen molar-refractivity contribution in [3.8, 4) is 11.5 Å². The van der Waals surface area contributed by atoms with Crippen molar-refractivity contribution in [1.82, 2.24) is 0 Å². The Morgan fingerprint density at radius 1 is 1.22 bits per heavy atom. The summed E-state index contributed by atoms with van der Waals surface area (Å²) in [4.78, 5) is 0. The van der Waals surface area contributed by atoms with Crippen molar-refractivity contribution in [1.29, 1.82) is 0 Å². The number of rotatable bonds is 3. The molecule has 0 saturated heterocycles. The molecule has 0 aliphatic heterocycles. The topological polar surface area (TPSA) is 9.23 Å². The van der Waals surface area contributed by atoms with Crippen LogP contribution in [0.15, 0.2) is 40.9 Å². The van der Waals surface area contributed by atoms with Crippen LogP contribution in [0, 0.1) is 12.7 Å². The first kappa shape index (κ1) is 13.4. The molecule has 18 heavy (non-hydrogen) atoms. The van der Waals surface area contributed by atoms with E-state index in [9.17, 15) is 4.39 Å². The van der Waals surface area contributed by atoms with Crippen LogP contribution < -0.4 is 4.74 Å². The van der Waals surface area contributed by atoms with E-state index in [2.05, 4.69) is 15.9 Å². The number of ether oxygens (including phenoxy) is 1. The number of hydrogen-bond donors (Lipinski definition) is 0. The fraction of sp³-hybridized carbons (Fsp3) is 0.143. The zero-order valence-electron chi connectivity index (χ0n) is 9.71. The SMILES string of the molecule is Cc1cc(Oc2ccc(Br)cc2CCl)ccc1F. The average Bonchev–Trinajstić information content (AvgIpc) is 2.36. The predicted octanol–water partition coefficient (Wildman–Crippen LogP) is 5.43. The van der Waals surface area contributed by atoms with Gasteiger partial charge < -0.3 is 4.74 Å². The van der Waals surface area contributed by atoms with Crippen molar-refractivity contribution in [2.24, 2.45) is 0 Å². The molecule has 0 heterocycles. The maximum Gasteiger partial charge on any atom is 0.131 e. The summed E-state index contributed by atoms with van der Waals surface area (Å²) in [6.45, 7) is 1.70. The fourth-order valence-electron chi connectivity index (χ4n) is 1.56. The molecule has 2 aromatic carbocycles. The Morgan fingerprint density at radius 2 is 2.00 bits per heavy atom. The predicted molar refractivity (Wildman–Crippen MR) is 74.9 cm³/mol. The molecule has 0 spiro atoms. The second-order valence-corrected chi connectivity index (χ2v) is 5.08. The quantitative estimate of drug-likeness (QED) is 0.682. The molecule has 0 unspecified atom stereocenters. The molecule has 0 bridgehead atoms. The molecule has 0 aliphatic carbocycles. The van der Waals surface area contributed by atoms with E-state index in [4.69, 9.17) is 16.3 Å². The lowest BCUT2D eigenvalue weighted by molar-refractivity contribution is 0.475. The molecule has 4 heteroatoms. The van der Waals surface area contributed by atoms with Gasteiger partial charge in [0, 0.05) is 10.0 Å². The first-order valence-corrected chi connectivity index (χ1v) is 6.71. The van der Waals surface area contributed by atoms with Gasteiger partial charge in [-0.2, -0.15) is 0 Å². The Hall–Kier alpha value is -1.06. The number of aryl methyl sites for hydroxylation is 1. The van der Waals surface area contributed by atoms with Gasteiger partial charge in [-0.15, -0.1) is 11.6 Å². The highest BCUT2D eigenvalue weighted by molar-refractivity contribution is 9.10. The highest BCUT2D eigenvalue weighted by atomic mass is 79.9. The summed E-state index contributed by atoms with van der Waals surface area (Å²) in [6.07, 6.45) is 0. The first-order valence-electron chi connectivity index (χ1n) is 5.38. The molecule has 0 amide bonds. The van der Waals surface area contributed by atoms with Crippen molar-refractivity contribution in [3.63, 3.8) is 0 Å². The van der Waals surface area contributed by atoms with Gasteiger partial charge in [0.1, 0.15) is 17.3 Å². The minimum atomic E-state index is -0.240. The molecule has 0 fully saturated rings. The Bertz CT molecular complexity index is 572. The van der Waals surface area contributed by atoms with E-state index < -0.39 is 0 Å². The Balaban J connectivity index is 2.30. The number of benzene rings is 2. The molecule has 0 radical (unpaired) electrons. The van der Waals surface area contributed by atoms with Crippen LogP contribution in [0.4, 0.5) is 4.39 Å². The lowest BCUT2D eigenvalue weighted by Gasteiger charge is -2.10. The Kier molecular flexibility index (Phi) is 4.25. The maximum absolute atomic E-state index is 13.2. The standard InChI is InChI=1S/C14H11BrClFO/c1-9-6-12(3-4-13(9)17)18-14-5-2-11(15)7-10(14)8-16/h2-7H,8H2,1H3. The molecular weight excluding hydrogens is 319 g/mol. The Morgan fingerprint density at radius 3 is 2.67 bits per heavy atom. The van der Waals surface area contributed by atoms with Crippen LogP contribution in [-0.2, 0) is 5.88 Å². The van der Waals surface area contributed by atoms with Gasteiger partial charge in [-0.1, -0.05) is 15.9 Å². The van der Waals surface area contributed by atoms with Crippen molar-refractivity contribution >= 4 is 27.5 Å². The zero-order valence-corrected chi connectivity index (χ0v) is 12.1. The van der Waals surface area contributed by atoms with E-state index in [1.54, 1.807) is 19.1 Å². The van der Waals surface area contributed by atoms with Gasteiger partial charge in [-0.25, -0.2) is 4.39 Å². The van der Waals surface area contributed by atoms with Gasteiger partial charge in [-0.3, -0.25) is 0 Å². The smallest absolute Gasteiger partial charge is 0.131 e. The van der Waals surface area contributed by atoms with E-state index in [0.29, 0.717) is 22.9 Å². The van der Waals surface area contributed by atoms with Crippen molar-refractivity contribution in [3.05, 3.63) is 57.8 Å². The largest absolute Gasteiger partial charge is 0.457 e. The van der Waals surface area contributed by atoms with E-state index >= 15 is 0 Å². The van der Waals surface area contributed by atoms with Gasteiger partial charge in [0.2, 0.25) is 0 Å². The minimum Gasteiger partial charge on any atom is -0.457 e. The monoisotopic (exact) mass is 328 g/mol. The summed E-state index contributed by atoms with van der Waals surface area (Å²) < 4.78 is 19.8. The number of alkyl halides is 1. The van der Waals surface area contributed by atoms with Gasteiger partial charge in [0.05, 0.1) is 5.88 Å². The van der Waals surface area contributed by atoms with E-state index in [1.165, 1.54) is 6.07 Å². The summed E-state index contributed by atoms with van der Waals surface area (Å²) in [6, 6.07) is 10.3. The summed E-state index contributed by atoms with van der Waals surface area (Å²) in [5, 5.41) is 0. The van der Waals surface area contributed by atoms with Crippen LogP contribution in [-0.4, -0.2) is 0 Å². The molecule has 0 aliphatic rings. The molecule has 0 N–H and O–H groups in total. The minimum absolute atomic E-state index is 0.240. The van der Waals surface area contributed by atoms with Crippen molar-refractivity contribution in [2.45, 2.75) is 12.8 Å². The normalized spacial score (nSPS) is 10.4. The Labute approximate surface area is 119 Å². The highest BCUT2D eigenvalue weighted by Gasteiger charge is 2.06. The van der Waals surface area contributed by atoms with Crippen LogP contribution in [0.25, 0.3) is 0 Å². The molecule has 2 aromatic rings. The van der Waals surface area contributed by atoms with Crippen molar-refractivity contribution in [2.75, 3.05) is 0 Å². The van der Waals surface area contributed by atoms with E-state index in [-0.39, 0.29) is 5.82 Å². The third kappa shape index (κ3) is 3.03. The van der Waals surface area contributed by atoms with Crippen LogP contribution in [0.3, 0.4) is 0 Å². The first-order chi connectivity index (χ1) is 8.60. The van der Waals surface area contributed by atoms with Crippen molar-refractivity contribution < 1.29 is 9.13 Å². The van der Waals surface area contributed by atoms with Gasteiger partial charge in [0.15, 0.2) is 0 Å². The van der Waals surface area contributed by atoms with Crippen LogP contribution in [0.1, 0.15) is 11.1 Å². The third-order valence-electron chi connectivity index (χ3n) is 2.52. The summed E-state index contributed by atoms with van der Waals surface area (Å²) >= 11 is 9.25. The lowest BCUT2D eigenvalue weighted by Crippen LogP contribution is -1.91. The fourth-order valence-corrected chi connectivity index (χ4v) is 2.18. The molecular formula is C14H11BrClFO. The molecule has 1 nitrogen and oxygen atoms in total. The highest BCUT2D eigenvalue weighted by Crippen LogP contribution is 2.29. The lowest BCUT2D eigenvalue weighted by atomic mass is 10.2. The van der Waals surface area contributed by atoms with E-state index in [0.717, 1.165) is 10.0 Å². The maximum atomic E-state index is 13.2. The number of halogens is 3. The van der Waals surface area contributed by atoms with Crippen LogP contribution in [0.2, 0.25) is 0 Å². The second kappa shape index (κ2) is 5.72. The summed E-state index contributed by atoms with van der Waals surface area (Å²) in [7, 11) is 0. The van der Waals surface area contributed by atoms with E-state index in [1.807, 2.05) is 18.2 Å². The van der Waals surface area contributed by atoms with Gasteiger partial charge in [0.25, 0.3) is 0 Å². The number of hydrogen-bond acceptors (Lipinski definition) is 1. The van der Waals surface area contributed by atoms with Gasteiger partial charge >= 0.3 is 0 Å². The molecule has 0 saturated carbocycles. The summed E-state index contributed by atoms with van der Waals surface area (Å²) in [5.74, 6) is 1.40. The molecule has 0 atom stereocenters. The molecule has 94 valence electrons. The molecule has 2 rings (SSSR count). The average molecular weight is 330 g/mol. The summed E-state index contributed by atoms with van der Waals surface area (Å²) in [5.41, 5.74) is 1.44. The van der Waals surface area contributed by atoms with Crippen LogP contribution in [0.5, 0.6) is 11.5 Å². The third-order valence-corrected chi connectivity index (χ3v) is 3.30. The van der Waals surface area contributed by atoms with Gasteiger partial charge in [-0.05, 0) is 48.9 Å². The molecule has 0 aromatic heterocycles. The van der Waals surface area contributed by atoms with Crippen LogP contribution >= 0.6 is 27.5 Å². The second-order valence-electron chi connectivity index (χ2n) is 3.90.